The highest BCUT2D eigenvalue weighted by molar-refractivity contribution is 7.91. The molecule has 0 radical (unpaired) electrons. The van der Waals surface area contributed by atoms with Gasteiger partial charge in [-0.2, -0.15) is 5.26 Å². The van der Waals surface area contributed by atoms with Crippen molar-refractivity contribution in [2.45, 2.75) is 17.9 Å². The standard InChI is InChI=1S/C14H18N2O3S/c1-12-11-19-8-6-16(12)7-9-20(17,18)14-4-2-13(10-15)3-5-14/h2-5,12H,6-9,11H2,1H3. The molecule has 1 fully saturated rings. The Labute approximate surface area is 119 Å². The molecule has 2 rings (SSSR count). The summed E-state index contributed by atoms with van der Waals surface area (Å²) in [6.07, 6.45) is 0. The third-order valence-corrected chi connectivity index (χ3v) is 5.21. The summed E-state index contributed by atoms with van der Waals surface area (Å²) in [5, 5.41) is 8.72. The van der Waals surface area contributed by atoms with Gasteiger partial charge in [0.05, 0.1) is 35.5 Å². The first-order chi connectivity index (χ1) is 9.53. The van der Waals surface area contributed by atoms with Gasteiger partial charge in [0, 0.05) is 19.1 Å². The molecule has 20 heavy (non-hydrogen) atoms. The molecular weight excluding hydrogens is 276 g/mol. The Morgan fingerprint density at radius 3 is 2.70 bits per heavy atom. The number of morpholine rings is 1. The van der Waals surface area contributed by atoms with Crippen LogP contribution >= 0.6 is 0 Å². The van der Waals surface area contributed by atoms with Crippen molar-refractivity contribution in [3.63, 3.8) is 0 Å². The third-order valence-electron chi connectivity index (χ3n) is 3.50. The minimum Gasteiger partial charge on any atom is -0.379 e. The van der Waals surface area contributed by atoms with Crippen molar-refractivity contribution in [1.29, 1.82) is 5.26 Å². The van der Waals surface area contributed by atoms with Crippen molar-refractivity contribution in [3.05, 3.63) is 29.8 Å². The van der Waals surface area contributed by atoms with Crippen molar-refractivity contribution in [1.82, 2.24) is 4.90 Å². The van der Waals surface area contributed by atoms with Crippen molar-refractivity contribution in [2.75, 3.05) is 32.1 Å². The highest BCUT2D eigenvalue weighted by Gasteiger charge is 2.22. The molecule has 1 aromatic rings. The Hall–Kier alpha value is -1.42. The number of nitrogens with zero attached hydrogens (tertiary/aromatic N) is 2. The summed E-state index contributed by atoms with van der Waals surface area (Å²) in [7, 11) is -3.30. The molecule has 1 unspecified atom stereocenters. The molecule has 6 heteroatoms. The summed E-state index contributed by atoms with van der Waals surface area (Å²) >= 11 is 0. The first-order valence-electron chi connectivity index (χ1n) is 6.57. The number of rotatable bonds is 4. The molecule has 0 N–H and O–H groups in total. The summed E-state index contributed by atoms with van der Waals surface area (Å²) in [5.41, 5.74) is 0.464. The molecule has 0 amide bonds. The predicted octanol–water partition coefficient (Wildman–Crippen LogP) is 1.05. The second-order valence-electron chi connectivity index (χ2n) is 4.91. The van der Waals surface area contributed by atoms with Gasteiger partial charge in [-0.05, 0) is 31.2 Å². The summed E-state index contributed by atoms with van der Waals surface area (Å²) < 4.78 is 29.8. The van der Waals surface area contributed by atoms with Gasteiger partial charge in [-0.1, -0.05) is 0 Å². The van der Waals surface area contributed by atoms with Crippen LogP contribution in [0.1, 0.15) is 12.5 Å². The van der Waals surface area contributed by atoms with Crippen LogP contribution in [0.3, 0.4) is 0 Å². The number of sulfone groups is 1. The lowest BCUT2D eigenvalue weighted by molar-refractivity contribution is 0.00280. The number of ether oxygens (including phenoxy) is 1. The second kappa shape index (κ2) is 6.35. The van der Waals surface area contributed by atoms with E-state index >= 15 is 0 Å². The average molecular weight is 294 g/mol. The lowest BCUT2D eigenvalue weighted by atomic mass is 10.2. The van der Waals surface area contributed by atoms with E-state index < -0.39 is 9.84 Å². The van der Waals surface area contributed by atoms with Crippen molar-refractivity contribution in [3.8, 4) is 6.07 Å². The smallest absolute Gasteiger partial charge is 0.179 e. The first kappa shape index (κ1) is 15.0. The maximum atomic E-state index is 12.2. The van der Waals surface area contributed by atoms with Crippen LogP contribution in [0.15, 0.2) is 29.2 Å². The molecule has 5 nitrogen and oxygen atoms in total. The van der Waals surface area contributed by atoms with Crippen molar-refractivity contribution in [2.24, 2.45) is 0 Å². The Morgan fingerprint density at radius 1 is 1.40 bits per heavy atom. The number of hydrogen-bond acceptors (Lipinski definition) is 5. The predicted molar refractivity (Wildman–Crippen MR) is 75.1 cm³/mol. The van der Waals surface area contributed by atoms with Crippen molar-refractivity contribution >= 4 is 9.84 Å². The van der Waals surface area contributed by atoms with E-state index in [-0.39, 0.29) is 16.7 Å². The number of nitriles is 1. The molecule has 0 aliphatic carbocycles. The van der Waals surface area contributed by atoms with Crippen LogP contribution in [-0.2, 0) is 14.6 Å². The zero-order valence-electron chi connectivity index (χ0n) is 11.4. The normalized spacial score (nSPS) is 20.5. The molecule has 0 spiro atoms. The van der Waals surface area contributed by atoms with Gasteiger partial charge in [0.25, 0.3) is 0 Å². The van der Waals surface area contributed by atoms with E-state index in [0.29, 0.717) is 25.3 Å². The Morgan fingerprint density at radius 2 is 2.10 bits per heavy atom. The van der Waals surface area contributed by atoms with Gasteiger partial charge >= 0.3 is 0 Å². The number of hydrogen-bond donors (Lipinski definition) is 0. The highest BCUT2D eigenvalue weighted by Crippen LogP contribution is 2.14. The van der Waals surface area contributed by atoms with Gasteiger partial charge in [0.2, 0.25) is 0 Å². The minimum absolute atomic E-state index is 0.0865. The van der Waals surface area contributed by atoms with Gasteiger partial charge < -0.3 is 4.74 Å². The van der Waals surface area contributed by atoms with Crippen LogP contribution in [0.2, 0.25) is 0 Å². The minimum atomic E-state index is -3.30. The molecule has 1 aromatic carbocycles. The van der Waals surface area contributed by atoms with E-state index in [1.807, 2.05) is 13.0 Å². The zero-order chi connectivity index (χ0) is 14.6. The summed E-state index contributed by atoms with van der Waals surface area (Å²) in [4.78, 5) is 2.41. The molecule has 1 saturated heterocycles. The van der Waals surface area contributed by atoms with E-state index in [1.165, 1.54) is 24.3 Å². The van der Waals surface area contributed by atoms with Crippen LogP contribution in [0, 0.1) is 11.3 Å². The van der Waals surface area contributed by atoms with Crippen LogP contribution in [0.5, 0.6) is 0 Å². The maximum Gasteiger partial charge on any atom is 0.179 e. The Balaban J connectivity index is 2.01. The van der Waals surface area contributed by atoms with E-state index in [0.717, 1.165) is 6.54 Å². The third kappa shape index (κ3) is 3.57. The zero-order valence-corrected chi connectivity index (χ0v) is 12.3. The molecular formula is C14H18N2O3S. The largest absolute Gasteiger partial charge is 0.379 e. The molecule has 0 bridgehead atoms. The van der Waals surface area contributed by atoms with Gasteiger partial charge in [0.15, 0.2) is 9.84 Å². The SMILES string of the molecule is CC1COCCN1CCS(=O)(=O)c1ccc(C#N)cc1. The lowest BCUT2D eigenvalue weighted by Gasteiger charge is -2.32. The quantitative estimate of drug-likeness (QED) is 0.830. The van der Waals surface area contributed by atoms with Gasteiger partial charge in [-0.3, -0.25) is 4.90 Å². The van der Waals surface area contributed by atoms with Crippen LogP contribution in [0.4, 0.5) is 0 Å². The van der Waals surface area contributed by atoms with E-state index in [4.69, 9.17) is 10.00 Å². The summed E-state index contributed by atoms with van der Waals surface area (Å²) in [6, 6.07) is 8.29. The van der Waals surface area contributed by atoms with E-state index in [1.54, 1.807) is 0 Å². The molecule has 0 saturated carbocycles. The van der Waals surface area contributed by atoms with E-state index in [2.05, 4.69) is 4.90 Å². The second-order valence-corrected chi connectivity index (χ2v) is 7.02. The monoisotopic (exact) mass is 294 g/mol. The number of benzene rings is 1. The van der Waals surface area contributed by atoms with E-state index in [9.17, 15) is 8.42 Å². The topological polar surface area (TPSA) is 70.4 Å². The summed E-state index contributed by atoms with van der Waals surface area (Å²) in [6.45, 7) is 4.61. The Bertz CT molecular complexity index is 590. The lowest BCUT2D eigenvalue weighted by Crippen LogP contribution is -2.45. The van der Waals surface area contributed by atoms with Crippen LogP contribution in [-0.4, -0.2) is 51.4 Å². The average Bonchev–Trinajstić information content (AvgIpc) is 2.46. The molecule has 1 heterocycles. The Kier molecular flexibility index (Phi) is 4.76. The highest BCUT2D eigenvalue weighted by atomic mass is 32.2. The van der Waals surface area contributed by atoms with Gasteiger partial charge in [-0.25, -0.2) is 8.42 Å². The molecule has 0 aromatic heterocycles. The molecule has 108 valence electrons. The van der Waals surface area contributed by atoms with Crippen molar-refractivity contribution < 1.29 is 13.2 Å². The first-order valence-corrected chi connectivity index (χ1v) is 8.23. The van der Waals surface area contributed by atoms with Gasteiger partial charge in [-0.15, -0.1) is 0 Å². The van der Waals surface area contributed by atoms with Gasteiger partial charge in [0.1, 0.15) is 0 Å². The fraction of sp³-hybridized carbons (Fsp3) is 0.500. The van der Waals surface area contributed by atoms with Crippen LogP contribution < -0.4 is 0 Å². The van der Waals surface area contributed by atoms with Crippen LogP contribution in [0.25, 0.3) is 0 Å². The fourth-order valence-electron chi connectivity index (χ4n) is 2.19. The summed E-state index contributed by atoms with van der Waals surface area (Å²) in [5.74, 6) is 0.0865. The molecule has 1 aliphatic heterocycles. The molecule has 1 aliphatic rings. The molecule has 1 atom stereocenters. The maximum absolute atomic E-state index is 12.2. The fourth-order valence-corrected chi connectivity index (χ4v) is 3.45.